The summed E-state index contributed by atoms with van der Waals surface area (Å²) in [6.45, 7) is 3.78. The van der Waals surface area contributed by atoms with Crippen LogP contribution in [0.3, 0.4) is 0 Å². The molecule has 1 aliphatic heterocycles. The molecule has 2 aromatic rings. The number of piperazine rings is 1. The van der Waals surface area contributed by atoms with Crippen molar-refractivity contribution < 1.29 is 9.53 Å². The van der Waals surface area contributed by atoms with Crippen molar-refractivity contribution in [3.63, 3.8) is 0 Å². The highest BCUT2D eigenvalue weighted by atomic mass is 16.5. The molecule has 6 heteroatoms. The number of methoxy groups -OCH3 is 1. The fourth-order valence-electron chi connectivity index (χ4n) is 2.91. The molecule has 1 saturated heterocycles. The van der Waals surface area contributed by atoms with Gasteiger partial charge in [0.2, 0.25) is 5.91 Å². The highest BCUT2D eigenvalue weighted by Gasteiger charge is 2.21. The number of rotatable bonds is 6. The summed E-state index contributed by atoms with van der Waals surface area (Å²) >= 11 is 0. The molecule has 2 heterocycles. The monoisotopic (exact) mass is 340 g/mol. The largest absolute Gasteiger partial charge is 0.497 e. The van der Waals surface area contributed by atoms with E-state index < -0.39 is 0 Å². The van der Waals surface area contributed by atoms with Gasteiger partial charge in [-0.3, -0.25) is 4.79 Å². The van der Waals surface area contributed by atoms with Crippen LogP contribution in [0, 0.1) is 0 Å². The summed E-state index contributed by atoms with van der Waals surface area (Å²) in [4.78, 5) is 20.9. The molecular weight excluding hydrogens is 316 g/mol. The smallest absolute Gasteiger partial charge is 0.224 e. The number of anilines is 2. The Labute approximate surface area is 148 Å². The van der Waals surface area contributed by atoms with Gasteiger partial charge in [-0.2, -0.15) is 0 Å². The molecule has 25 heavy (non-hydrogen) atoms. The van der Waals surface area contributed by atoms with Crippen molar-refractivity contribution in [2.45, 2.75) is 6.42 Å². The molecule has 0 unspecified atom stereocenters. The van der Waals surface area contributed by atoms with Crippen LogP contribution >= 0.6 is 0 Å². The molecule has 1 aliphatic rings. The molecular formula is C19H24N4O2. The lowest BCUT2D eigenvalue weighted by molar-refractivity contribution is -0.131. The van der Waals surface area contributed by atoms with Crippen LogP contribution in [-0.2, 0) is 4.79 Å². The molecule has 0 spiro atoms. The number of hydrogen-bond acceptors (Lipinski definition) is 5. The predicted molar refractivity (Wildman–Crippen MR) is 99.1 cm³/mol. The number of carbonyl (C=O) groups is 1. The second kappa shape index (κ2) is 8.37. The van der Waals surface area contributed by atoms with E-state index in [0.717, 1.165) is 43.4 Å². The normalized spacial score (nSPS) is 14.3. The molecule has 0 saturated carbocycles. The number of hydrogen-bond donors (Lipinski definition) is 1. The van der Waals surface area contributed by atoms with E-state index in [4.69, 9.17) is 4.74 Å². The zero-order valence-electron chi connectivity index (χ0n) is 14.5. The maximum Gasteiger partial charge on any atom is 0.224 e. The van der Waals surface area contributed by atoms with Gasteiger partial charge in [0, 0.05) is 51.0 Å². The van der Waals surface area contributed by atoms with Crippen molar-refractivity contribution in [1.82, 2.24) is 9.88 Å². The second-order valence-corrected chi connectivity index (χ2v) is 5.96. The van der Waals surface area contributed by atoms with Crippen LogP contribution in [0.25, 0.3) is 0 Å². The molecule has 0 radical (unpaired) electrons. The Morgan fingerprint density at radius 2 is 1.88 bits per heavy atom. The molecule has 6 nitrogen and oxygen atoms in total. The van der Waals surface area contributed by atoms with Crippen LogP contribution in [0.5, 0.6) is 5.75 Å². The predicted octanol–water partition coefficient (Wildman–Crippen LogP) is 2.24. The minimum absolute atomic E-state index is 0.196. The van der Waals surface area contributed by atoms with Gasteiger partial charge in [-0.15, -0.1) is 0 Å². The lowest BCUT2D eigenvalue weighted by Gasteiger charge is -2.35. The van der Waals surface area contributed by atoms with E-state index in [1.165, 1.54) is 0 Å². The Bertz CT molecular complexity index is 668. The van der Waals surface area contributed by atoms with Crippen molar-refractivity contribution in [1.29, 1.82) is 0 Å². The van der Waals surface area contributed by atoms with E-state index in [2.05, 4.69) is 15.2 Å². The lowest BCUT2D eigenvalue weighted by Crippen LogP contribution is -2.49. The third-order valence-corrected chi connectivity index (χ3v) is 4.36. The number of nitrogens with one attached hydrogen (secondary N) is 1. The van der Waals surface area contributed by atoms with Crippen LogP contribution in [0.2, 0.25) is 0 Å². The summed E-state index contributed by atoms with van der Waals surface area (Å²) in [5.41, 5.74) is 0.994. The standard InChI is InChI=1S/C19H24N4O2/c1-25-17-7-5-16(6-8-17)20-11-9-19(24)23-14-12-22(13-15-23)18-4-2-3-10-21-18/h2-8,10,20H,9,11-15H2,1H3. The quantitative estimate of drug-likeness (QED) is 0.874. The summed E-state index contributed by atoms with van der Waals surface area (Å²) in [6, 6.07) is 13.6. The number of benzene rings is 1. The van der Waals surface area contributed by atoms with E-state index in [1.807, 2.05) is 47.4 Å². The van der Waals surface area contributed by atoms with E-state index >= 15 is 0 Å². The Hall–Kier alpha value is -2.76. The zero-order chi connectivity index (χ0) is 17.5. The Morgan fingerprint density at radius 3 is 2.52 bits per heavy atom. The van der Waals surface area contributed by atoms with E-state index in [-0.39, 0.29) is 5.91 Å². The number of carbonyl (C=O) groups excluding carboxylic acids is 1. The van der Waals surface area contributed by atoms with E-state index in [1.54, 1.807) is 13.3 Å². The number of nitrogens with zero attached hydrogens (tertiary/aromatic N) is 3. The van der Waals surface area contributed by atoms with E-state index in [9.17, 15) is 4.79 Å². The highest BCUT2D eigenvalue weighted by molar-refractivity contribution is 5.77. The molecule has 1 N–H and O–H groups in total. The molecule has 0 atom stereocenters. The van der Waals surface area contributed by atoms with Gasteiger partial charge in [-0.05, 0) is 36.4 Å². The third-order valence-electron chi connectivity index (χ3n) is 4.36. The average Bonchev–Trinajstić information content (AvgIpc) is 2.69. The van der Waals surface area contributed by atoms with Gasteiger partial charge >= 0.3 is 0 Å². The number of ether oxygens (including phenoxy) is 1. The minimum Gasteiger partial charge on any atom is -0.497 e. The highest BCUT2D eigenvalue weighted by Crippen LogP contribution is 2.15. The lowest BCUT2D eigenvalue weighted by atomic mass is 10.2. The Kier molecular flexibility index (Phi) is 5.72. The van der Waals surface area contributed by atoms with Crippen molar-refractivity contribution in [3.05, 3.63) is 48.7 Å². The van der Waals surface area contributed by atoms with Crippen LogP contribution in [-0.4, -0.2) is 55.6 Å². The van der Waals surface area contributed by atoms with Gasteiger partial charge in [0.15, 0.2) is 0 Å². The molecule has 0 bridgehead atoms. The SMILES string of the molecule is COc1ccc(NCCC(=O)N2CCN(c3ccccn3)CC2)cc1. The first-order chi connectivity index (χ1) is 12.3. The second-order valence-electron chi connectivity index (χ2n) is 5.96. The maximum absolute atomic E-state index is 12.4. The maximum atomic E-state index is 12.4. The molecule has 1 aromatic heterocycles. The first kappa shape index (κ1) is 17.1. The first-order valence-electron chi connectivity index (χ1n) is 8.58. The molecule has 1 fully saturated rings. The summed E-state index contributed by atoms with van der Waals surface area (Å²) in [5, 5.41) is 3.28. The van der Waals surface area contributed by atoms with Crippen LogP contribution in [0.4, 0.5) is 11.5 Å². The fraction of sp³-hybridized carbons (Fsp3) is 0.368. The molecule has 132 valence electrons. The van der Waals surface area contributed by atoms with Crippen molar-refractivity contribution in [2.75, 3.05) is 50.1 Å². The molecule has 0 aliphatic carbocycles. The van der Waals surface area contributed by atoms with Gasteiger partial charge in [0.1, 0.15) is 11.6 Å². The van der Waals surface area contributed by atoms with Gasteiger partial charge in [-0.1, -0.05) is 6.07 Å². The third kappa shape index (κ3) is 4.62. The van der Waals surface area contributed by atoms with Gasteiger partial charge in [0.05, 0.1) is 7.11 Å². The molecule has 1 aromatic carbocycles. The first-order valence-corrected chi connectivity index (χ1v) is 8.58. The van der Waals surface area contributed by atoms with Gasteiger partial charge < -0.3 is 19.9 Å². The van der Waals surface area contributed by atoms with Crippen molar-refractivity contribution in [2.24, 2.45) is 0 Å². The molecule has 3 rings (SSSR count). The Morgan fingerprint density at radius 1 is 1.12 bits per heavy atom. The molecule has 1 amide bonds. The summed E-state index contributed by atoms with van der Waals surface area (Å²) in [6.07, 6.45) is 2.30. The fourth-order valence-corrected chi connectivity index (χ4v) is 2.91. The van der Waals surface area contributed by atoms with Crippen LogP contribution in [0.1, 0.15) is 6.42 Å². The number of aromatic nitrogens is 1. The minimum atomic E-state index is 0.196. The van der Waals surface area contributed by atoms with Crippen LogP contribution < -0.4 is 15.0 Å². The number of pyridine rings is 1. The van der Waals surface area contributed by atoms with Gasteiger partial charge in [0.25, 0.3) is 0 Å². The zero-order valence-corrected chi connectivity index (χ0v) is 14.5. The topological polar surface area (TPSA) is 57.7 Å². The van der Waals surface area contributed by atoms with Crippen LogP contribution in [0.15, 0.2) is 48.7 Å². The average molecular weight is 340 g/mol. The van der Waals surface area contributed by atoms with Gasteiger partial charge in [-0.25, -0.2) is 4.98 Å². The summed E-state index contributed by atoms with van der Waals surface area (Å²) in [7, 11) is 1.65. The van der Waals surface area contributed by atoms with Crippen molar-refractivity contribution in [3.8, 4) is 5.75 Å². The summed E-state index contributed by atoms with van der Waals surface area (Å²) < 4.78 is 5.13. The number of amides is 1. The van der Waals surface area contributed by atoms with Crippen molar-refractivity contribution >= 4 is 17.4 Å². The Balaban J connectivity index is 1.40. The van der Waals surface area contributed by atoms with E-state index in [0.29, 0.717) is 13.0 Å². The summed E-state index contributed by atoms with van der Waals surface area (Å²) in [5.74, 6) is 2.00.